The molecule has 1 unspecified atom stereocenters. The second kappa shape index (κ2) is 10.8. The number of methoxy groups -OCH3 is 2. The molecule has 0 amide bonds. The van der Waals surface area contributed by atoms with Crippen molar-refractivity contribution in [1.82, 2.24) is 10.6 Å². The zero-order valence-electron chi connectivity index (χ0n) is 19.2. The molecule has 7 heteroatoms. The van der Waals surface area contributed by atoms with Gasteiger partial charge in [-0.05, 0) is 50.1 Å². The lowest BCUT2D eigenvalue weighted by molar-refractivity contribution is 0.288. The lowest BCUT2D eigenvalue weighted by Gasteiger charge is -2.21. The third-order valence-corrected chi connectivity index (χ3v) is 5.42. The largest absolute Gasteiger partial charge is 0.493 e. The minimum absolute atomic E-state index is 0.344. The molecule has 2 aromatic carbocycles. The number of nitrogens with one attached hydrogen (secondary N) is 2. The van der Waals surface area contributed by atoms with Crippen molar-refractivity contribution in [2.24, 2.45) is 4.99 Å². The first-order valence-corrected chi connectivity index (χ1v) is 10.7. The molecular formula is C24H34N4O3. The Hall–Kier alpha value is -3.09. The van der Waals surface area contributed by atoms with Crippen molar-refractivity contribution in [3.05, 3.63) is 47.5 Å². The molecule has 0 bridgehead atoms. The van der Waals surface area contributed by atoms with Crippen molar-refractivity contribution in [3.8, 4) is 17.2 Å². The number of rotatable bonds is 8. The van der Waals surface area contributed by atoms with Crippen molar-refractivity contribution in [1.29, 1.82) is 0 Å². The van der Waals surface area contributed by atoms with E-state index in [1.54, 1.807) is 21.3 Å². The average Bonchev–Trinajstić information content (AvgIpc) is 3.26. The van der Waals surface area contributed by atoms with E-state index >= 15 is 0 Å². The molecule has 31 heavy (non-hydrogen) atoms. The zero-order valence-corrected chi connectivity index (χ0v) is 19.2. The highest BCUT2D eigenvalue weighted by Gasteiger charge is 2.23. The Labute approximate surface area is 185 Å². The van der Waals surface area contributed by atoms with Crippen LogP contribution in [0.25, 0.3) is 0 Å². The first-order valence-electron chi connectivity index (χ1n) is 10.7. The number of nitrogens with zero attached hydrogens (tertiary/aromatic N) is 2. The summed E-state index contributed by atoms with van der Waals surface area (Å²) >= 11 is 0. The van der Waals surface area contributed by atoms with Crippen LogP contribution in [0.5, 0.6) is 17.2 Å². The van der Waals surface area contributed by atoms with Crippen molar-refractivity contribution in [2.75, 3.05) is 45.9 Å². The fourth-order valence-corrected chi connectivity index (χ4v) is 3.76. The van der Waals surface area contributed by atoms with Gasteiger partial charge in [-0.15, -0.1) is 0 Å². The number of benzene rings is 2. The van der Waals surface area contributed by atoms with E-state index in [1.165, 1.54) is 11.3 Å². The molecule has 0 spiro atoms. The molecule has 168 valence electrons. The molecule has 1 heterocycles. The number of hydrogen-bond acceptors (Lipinski definition) is 5. The molecule has 3 rings (SSSR count). The first-order chi connectivity index (χ1) is 15.1. The molecule has 2 N–H and O–H groups in total. The van der Waals surface area contributed by atoms with Crippen molar-refractivity contribution in [2.45, 2.75) is 32.9 Å². The average molecular weight is 427 g/mol. The Kier molecular flexibility index (Phi) is 7.87. The van der Waals surface area contributed by atoms with E-state index in [0.29, 0.717) is 36.4 Å². The van der Waals surface area contributed by atoms with Gasteiger partial charge in [0.05, 0.1) is 20.8 Å². The van der Waals surface area contributed by atoms with E-state index in [-0.39, 0.29) is 0 Å². The molecule has 1 atom stereocenters. The maximum absolute atomic E-state index is 5.68. The van der Waals surface area contributed by atoms with Crippen molar-refractivity contribution in [3.63, 3.8) is 0 Å². The number of aryl methyl sites for hydroxylation is 1. The monoisotopic (exact) mass is 426 g/mol. The lowest BCUT2D eigenvalue weighted by Crippen LogP contribution is -2.44. The van der Waals surface area contributed by atoms with Crippen LogP contribution in [0.3, 0.4) is 0 Å². The SMILES string of the molecule is CCOc1c(OC)cc(CNC(=NC)NC2CCN(c3ccc(C)cc3)C2)cc1OC. The number of guanidine groups is 1. The quantitative estimate of drug-likeness (QED) is 0.498. The van der Waals surface area contributed by atoms with Crippen LogP contribution < -0.4 is 29.7 Å². The van der Waals surface area contributed by atoms with Crippen LogP contribution in [-0.2, 0) is 6.54 Å². The van der Waals surface area contributed by atoms with E-state index < -0.39 is 0 Å². The van der Waals surface area contributed by atoms with Gasteiger partial charge in [-0.3, -0.25) is 4.99 Å². The molecule has 1 aliphatic heterocycles. The van der Waals surface area contributed by atoms with Gasteiger partial charge in [0.2, 0.25) is 5.75 Å². The smallest absolute Gasteiger partial charge is 0.203 e. The van der Waals surface area contributed by atoms with Gasteiger partial charge in [-0.2, -0.15) is 0 Å². The van der Waals surface area contributed by atoms with E-state index in [2.05, 4.69) is 51.7 Å². The Morgan fingerprint density at radius 1 is 1.13 bits per heavy atom. The molecule has 0 aromatic heterocycles. The molecular weight excluding hydrogens is 392 g/mol. The van der Waals surface area contributed by atoms with Gasteiger partial charge in [-0.1, -0.05) is 17.7 Å². The van der Waals surface area contributed by atoms with E-state index in [0.717, 1.165) is 31.0 Å². The van der Waals surface area contributed by atoms with Crippen LogP contribution in [-0.4, -0.2) is 53.0 Å². The molecule has 1 fully saturated rings. The Bertz CT molecular complexity index is 858. The number of ether oxygens (including phenoxy) is 3. The predicted octanol–water partition coefficient (Wildman–Crippen LogP) is 3.35. The maximum atomic E-state index is 5.68. The molecule has 0 aliphatic carbocycles. The minimum atomic E-state index is 0.344. The second-order valence-corrected chi connectivity index (χ2v) is 7.60. The van der Waals surface area contributed by atoms with Crippen LogP contribution in [0.1, 0.15) is 24.5 Å². The third-order valence-electron chi connectivity index (χ3n) is 5.42. The molecule has 0 saturated carbocycles. The summed E-state index contributed by atoms with van der Waals surface area (Å²) in [4.78, 5) is 6.81. The van der Waals surface area contributed by atoms with Crippen LogP contribution in [0.2, 0.25) is 0 Å². The maximum Gasteiger partial charge on any atom is 0.203 e. The highest BCUT2D eigenvalue weighted by molar-refractivity contribution is 5.80. The highest BCUT2D eigenvalue weighted by Crippen LogP contribution is 2.38. The molecule has 0 radical (unpaired) electrons. The van der Waals surface area contributed by atoms with Gasteiger partial charge in [0.1, 0.15) is 0 Å². The first kappa shape index (κ1) is 22.6. The highest BCUT2D eigenvalue weighted by atomic mass is 16.5. The van der Waals surface area contributed by atoms with Gasteiger partial charge < -0.3 is 29.7 Å². The third kappa shape index (κ3) is 5.75. The standard InChI is InChI=1S/C24H34N4O3/c1-6-31-23-21(29-4)13-18(14-22(23)30-5)15-26-24(25-3)27-19-11-12-28(16-19)20-9-7-17(2)8-10-20/h7-10,13-14,19H,6,11-12,15-16H2,1-5H3,(H2,25,26,27). The summed E-state index contributed by atoms with van der Waals surface area (Å²) in [5.41, 5.74) is 3.57. The van der Waals surface area contributed by atoms with Crippen molar-refractivity contribution >= 4 is 11.6 Å². The van der Waals surface area contributed by atoms with Crippen LogP contribution >= 0.6 is 0 Å². The summed E-state index contributed by atoms with van der Waals surface area (Å²) in [7, 11) is 5.06. The molecule has 7 nitrogen and oxygen atoms in total. The Morgan fingerprint density at radius 3 is 2.39 bits per heavy atom. The molecule has 1 aliphatic rings. The summed E-state index contributed by atoms with van der Waals surface area (Å²) in [6, 6.07) is 13.0. The fourth-order valence-electron chi connectivity index (χ4n) is 3.76. The number of aliphatic imine (C=N–C) groups is 1. The molecule has 2 aromatic rings. The lowest BCUT2D eigenvalue weighted by atomic mass is 10.1. The van der Waals surface area contributed by atoms with Crippen LogP contribution in [0.15, 0.2) is 41.4 Å². The topological polar surface area (TPSA) is 67.4 Å². The van der Waals surface area contributed by atoms with E-state index in [9.17, 15) is 0 Å². The fraction of sp³-hybridized carbons (Fsp3) is 0.458. The van der Waals surface area contributed by atoms with Crippen molar-refractivity contribution < 1.29 is 14.2 Å². The van der Waals surface area contributed by atoms with Gasteiger partial charge in [-0.25, -0.2) is 0 Å². The molecule has 1 saturated heterocycles. The summed E-state index contributed by atoms with van der Waals surface area (Å²) in [5, 5.41) is 6.94. The minimum Gasteiger partial charge on any atom is -0.493 e. The van der Waals surface area contributed by atoms with E-state index in [4.69, 9.17) is 14.2 Å². The number of hydrogen-bond donors (Lipinski definition) is 2. The zero-order chi connectivity index (χ0) is 22.2. The van der Waals surface area contributed by atoms with Gasteiger partial charge in [0.15, 0.2) is 17.5 Å². The Balaban J connectivity index is 1.59. The van der Waals surface area contributed by atoms with Crippen LogP contribution in [0.4, 0.5) is 5.69 Å². The summed E-state index contributed by atoms with van der Waals surface area (Å²) in [5.74, 6) is 2.72. The van der Waals surface area contributed by atoms with Gasteiger partial charge in [0, 0.05) is 38.4 Å². The van der Waals surface area contributed by atoms with Crippen LogP contribution in [0, 0.1) is 6.92 Å². The Morgan fingerprint density at radius 2 is 1.81 bits per heavy atom. The number of anilines is 1. The van der Waals surface area contributed by atoms with Gasteiger partial charge in [0.25, 0.3) is 0 Å². The summed E-state index contributed by atoms with van der Waals surface area (Å²) < 4.78 is 16.7. The summed E-state index contributed by atoms with van der Waals surface area (Å²) in [6.07, 6.45) is 1.07. The normalized spacial score (nSPS) is 16.2. The van der Waals surface area contributed by atoms with E-state index in [1.807, 2.05) is 19.1 Å². The second-order valence-electron chi connectivity index (χ2n) is 7.60. The predicted molar refractivity (Wildman–Crippen MR) is 126 cm³/mol. The van der Waals surface area contributed by atoms with Gasteiger partial charge >= 0.3 is 0 Å². The summed E-state index contributed by atoms with van der Waals surface area (Å²) in [6.45, 7) is 7.17.